The van der Waals surface area contributed by atoms with Crippen LogP contribution in [0.2, 0.25) is 0 Å². The van der Waals surface area contributed by atoms with Gasteiger partial charge < -0.3 is 10.1 Å². The summed E-state index contributed by atoms with van der Waals surface area (Å²) in [5.41, 5.74) is -0.381. The van der Waals surface area contributed by atoms with Crippen LogP contribution in [0.4, 0.5) is 0 Å². The summed E-state index contributed by atoms with van der Waals surface area (Å²) in [6.07, 6.45) is 3.36. The van der Waals surface area contributed by atoms with Crippen LogP contribution in [-0.4, -0.2) is 24.7 Å². The number of carbonyl (C=O) groups is 1. The first-order valence-electron chi connectivity index (χ1n) is 7.21. The second-order valence-electron chi connectivity index (χ2n) is 6.19. The van der Waals surface area contributed by atoms with Crippen molar-refractivity contribution in [3.8, 4) is 0 Å². The zero-order valence-corrected chi connectivity index (χ0v) is 13.0. The van der Waals surface area contributed by atoms with E-state index in [1.165, 1.54) is 6.42 Å². The van der Waals surface area contributed by atoms with Gasteiger partial charge in [-0.25, -0.2) is 0 Å². The Morgan fingerprint density at radius 3 is 2.33 bits per heavy atom. The molecule has 0 aliphatic carbocycles. The maximum atomic E-state index is 11.9. The Hall–Kier alpha value is -0.570. The summed E-state index contributed by atoms with van der Waals surface area (Å²) >= 11 is 0. The normalized spacial score (nSPS) is 15.2. The smallest absolute Gasteiger partial charge is 0.309 e. The lowest BCUT2D eigenvalue weighted by Crippen LogP contribution is -2.30. The van der Waals surface area contributed by atoms with E-state index in [1.807, 2.05) is 27.7 Å². The fourth-order valence-corrected chi connectivity index (χ4v) is 1.73. The van der Waals surface area contributed by atoms with E-state index in [-0.39, 0.29) is 17.5 Å². The van der Waals surface area contributed by atoms with Crippen molar-refractivity contribution in [2.24, 2.45) is 11.8 Å². The molecular formula is C15H31NO2. The Balaban J connectivity index is 3.88. The molecule has 0 saturated heterocycles. The Kier molecular flexibility index (Phi) is 8.25. The monoisotopic (exact) mass is 257 g/mol. The summed E-state index contributed by atoms with van der Waals surface area (Å²) < 4.78 is 5.41. The molecule has 3 heteroatoms. The van der Waals surface area contributed by atoms with Gasteiger partial charge in [-0.15, -0.1) is 0 Å². The summed E-state index contributed by atoms with van der Waals surface area (Å²) in [6, 6.07) is 0. The van der Waals surface area contributed by atoms with E-state index in [1.54, 1.807) is 0 Å². The number of carbonyl (C=O) groups excluding carboxylic acids is 1. The second-order valence-corrected chi connectivity index (χ2v) is 6.19. The molecule has 0 spiro atoms. The third-order valence-electron chi connectivity index (χ3n) is 3.07. The molecule has 0 aromatic rings. The number of nitrogens with one attached hydrogen (secondary N) is 1. The Morgan fingerprint density at radius 1 is 1.22 bits per heavy atom. The Labute approximate surface area is 113 Å². The lowest BCUT2D eigenvalue weighted by atomic mass is 9.91. The van der Waals surface area contributed by atoms with Crippen molar-refractivity contribution in [2.75, 3.05) is 13.1 Å². The number of hydrogen-bond donors (Lipinski definition) is 1. The third kappa shape index (κ3) is 8.51. The fourth-order valence-electron chi connectivity index (χ4n) is 1.73. The van der Waals surface area contributed by atoms with E-state index >= 15 is 0 Å². The fraction of sp³-hybridized carbons (Fsp3) is 0.933. The van der Waals surface area contributed by atoms with E-state index < -0.39 is 0 Å². The highest BCUT2D eigenvalue weighted by atomic mass is 16.6. The average molecular weight is 257 g/mol. The zero-order valence-electron chi connectivity index (χ0n) is 13.0. The lowest BCUT2D eigenvalue weighted by molar-refractivity contribution is -0.161. The molecule has 0 aliphatic heterocycles. The van der Waals surface area contributed by atoms with Gasteiger partial charge in [-0.3, -0.25) is 4.79 Å². The lowest BCUT2D eigenvalue weighted by Gasteiger charge is -2.25. The minimum absolute atomic E-state index is 0.0181. The second kappa shape index (κ2) is 8.52. The Bertz CT molecular complexity index is 233. The molecule has 0 heterocycles. The maximum Gasteiger partial charge on any atom is 0.309 e. The van der Waals surface area contributed by atoms with Crippen LogP contribution < -0.4 is 5.32 Å². The van der Waals surface area contributed by atoms with Gasteiger partial charge in [0, 0.05) is 0 Å². The highest BCUT2D eigenvalue weighted by molar-refractivity contribution is 5.72. The molecule has 0 aromatic heterocycles. The van der Waals surface area contributed by atoms with Gasteiger partial charge in [0.05, 0.1) is 5.92 Å². The van der Waals surface area contributed by atoms with Gasteiger partial charge in [-0.05, 0) is 59.0 Å². The van der Waals surface area contributed by atoms with Gasteiger partial charge >= 0.3 is 5.97 Å². The number of ether oxygens (including phenoxy) is 1. The molecule has 0 rings (SSSR count). The average Bonchev–Trinajstić information content (AvgIpc) is 2.25. The molecule has 0 bridgehead atoms. The molecule has 0 aromatic carbocycles. The van der Waals surface area contributed by atoms with Gasteiger partial charge in [0.1, 0.15) is 5.60 Å². The molecule has 3 nitrogen and oxygen atoms in total. The van der Waals surface area contributed by atoms with Crippen LogP contribution in [0.15, 0.2) is 0 Å². The number of rotatable bonds is 8. The molecule has 2 atom stereocenters. The molecule has 2 unspecified atom stereocenters. The predicted molar refractivity (Wildman–Crippen MR) is 76.6 cm³/mol. The summed E-state index contributed by atoms with van der Waals surface area (Å²) in [7, 11) is 0. The van der Waals surface area contributed by atoms with Gasteiger partial charge in [-0.1, -0.05) is 20.8 Å². The van der Waals surface area contributed by atoms with E-state index in [2.05, 4.69) is 19.2 Å². The van der Waals surface area contributed by atoms with E-state index in [4.69, 9.17) is 4.74 Å². The van der Waals surface area contributed by atoms with Crippen LogP contribution in [0, 0.1) is 11.8 Å². The number of esters is 1. The molecule has 0 aliphatic rings. The molecule has 0 radical (unpaired) electrons. The van der Waals surface area contributed by atoms with Crippen molar-refractivity contribution in [2.45, 2.75) is 66.4 Å². The summed E-state index contributed by atoms with van der Waals surface area (Å²) in [4.78, 5) is 11.9. The molecule has 108 valence electrons. The standard InChI is InChI=1S/C15H31NO2/c1-7-10-16-11-8-9-12(2)13(3)14(17)18-15(4,5)6/h12-13,16H,7-11H2,1-6H3. The van der Waals surface area contributed by atoms with Crippen LogP contribution >= 0.6 is 0 Å². The van der Waals surface area contributed by atoms with Crippen molar-refractivity contribution in [1.82, 2.24) is 5.32 Å². The number of hydrogen-bond acceptors (Lipinski definition) is 3. The van der Waals surface area contributed by atoms with Gasteiger partial charge in [-0.2, -0.15) is 0 Å². The van der Waals surface area contributed by atoms with Crippen LogP contribution in [0.3, 0.4) is 0 Å². The van der Waals surface area contributed by atoms with E-state index in [9.17, 15) is 4.79 Å². The highest BCUT2D eigenvalue weighted by Crippen LogP contribution is 2.20. The molecule has 0 saturated carbocycles. The third-order valence-corrected chi connectivity index (χ3v) is 3.07. The summed E-state index contributed by atoms with van der Waals surface area (Å²) in [5, 5.41) is 3.38. The van der Waals surface area contributed by atoms with Crippen LogP contribution in [-0.2, 0) is 9.53 Å². The van der Waals surface area contributed by atoms with Crippen molar-refractivity contribution in [3.05, 3.63) is 0 Å². The molecule has 0 amide bonds. The minimum Gasteiger partial charge on any atom is -0.460 e. The first kappa shape index (κ1) is 17.4. The first-order valence-corrected chi connectivity index (χ1v) is 7.21. The molecular weight excluding hydrogens is 226 g/mol. The summed E-state index contributed by atoms with van der Waals surface area (Å²) in [5.74, 6) is 0.287. The van der Waals surface area contributed by atoms with Gasteiger partial charge in [0.25, 0.3) is 0 Å². The predicted octanol–water partition coefficient (Wildman–Crippen LogP) is 3.38. The minimum atomic E-state index is -0.381. The maximum absolute atomic E-state index is 11.9. The van der Waals surface area contributed by atoms with E-state index in [0.717, 1.165) is 25.9 Å². The zero-order chi connectivity index (χ0) is 14.2. The molecule has 1 N–H and O–H groups in total. The Morgan fingerprint density at radius 2 is 1.83 bits per heavy atom. The van der Waals surface area contributed by atoms with Crippen LogP contribution in [0.1, 0.15) is 60.8 Å². The largest absolute Gasteiger partial charge is 0.460 e. The molecule has 0 fully saturated rings. The van der Waals surface area contributed by atoms with Crippen molar-refractivity contribution >= 4 is 5.97 Å². The van der Waals surface area contributed by atoms with Crippen LogP contribution in [0.25, 0.3) is 0 Å². The van der Waals surface area contributed by atoms with E-state index in [0.29, 0.717) is 5.92 Å². The summed E-state index contributed by atoms with van der Waals surface area (Å²) in [6.45, 7) is 14.1. The first-order chi connectivity index (χ1) is 8.28. The quantitative estimate of drug-likeness (QED) is 0.535. The van der Waals surface area contributed by atoms with Gasteiger partial charge in [0.2, 0.25) is 0 Å². The SMILES string of the molecule is CCCNCCCC(C)C(C)C(=O)OC(C)(C)C. The van der Waals surface area contributed by atoms with Crippen molar-refractivity contribution in [1.29, 1.82) is 0 Å². The van der Waals surface area contributed by atoms with Gasteiger partial charge in [0.15, 0.2) is 0 Å². The van der Waals surface area contributed by atoms with Crippen LogP contribution in [0.5, 0.6) is 0 Å². The topological polar surface area (TPSA) is 38.3 Å². The highest BCUT2D eigenvalue weighted by Gasteiger charge is 2.25. The van der Waals surface area contributed by atoms with Crippen molar-refractivity contribution < 1.29 is 9.53 Å². The molecule has 18 heavy (non-hydrogen) atoms. The van der Waals surface area contributed by atoms with Crippen molar-refractivity contribution in [3.63, 3.8) is 0 Å².